The molecule has 0 saturated heterocycles. The van der Waals surface area contributed by atoms with Gasteiger partial charge in [0.15, 0.2) is 0 Å². The third kappa shape index (κ3) is 2.75. The van der Waals surface area contributed by atoms with Gasteiger partial charge in [0.25, 0.3) is 0 Å². The Morgan fingerprint density at radius 3 is 2.65 bits per heavy atom. The first-order valence-electron chi connectivity index (χ1n) is 7.23. The quantitative estimate of drug-likeness (QED) is 0.760. The van der Waals surface area contributed by atoms with E-state index >= 15 is 0 Å². The van der Waals surface area contributed by atoms with Crippen molar-refractivity contribution >= 4 is 21.1 Å². The van der Waals surface area contributed by atoms with Gasteiger partial charge < -0.3 is 4.57 Å². The molecule has 8 heteroatoms. The molecule has 0 amide bonds. The zero-order chi connectivity index (χ0) is 16.8. The molecule has 1 aromatic carbocycles. The number of aryl methyl sites for hydroxylation is 4. The summed E-state index contributed by atoms with van der Waals surface area (Å²) in [6, 6.07) is 5.76. The van der Waals surface area contributed by atoms with E-state index in [1.807, 2.05) is 36.7 Å². The molecule has 2 aromatic heterocycles. The maximum Gasteiger partial charge on any atom is 0.244 e. The Bertz CT molecular complexity index is 965. The molecule has 0 spiro atoms. The molecule has 0 atom stereocenters. The van der Waals surface area contributed by atoms with Crippen LogP contribution < -0.4 is 4.72 Å². The van der Waals surface area contributed by atoms with Gasteiger partial charge in [0.1, 0.15) is 10.7 Å². The van der Waals surface area contributed by atoms with E-state index in [0.717, 1.165) is 22.4 Å². The van der Waals surface area contributed by atoms with Gasteiger partial charge in [-0.05, 0) is 38.5 Å². The van der Waals surface area contributed by atoms with Gasteiger partial charge in [0.2, 0.25) is 10.0 Å². The van der Waals surface area contributed by atoms with Gasteiger partial charge in [-0.15, -0.1) is 0 Å². The molecule has 0 radical (unpaired) electrons. The average Bonchev–Trinajstić information content (AvgIpc) is 2.97. The van der Waals surface area contributed by atoms with E-state index in [-0.39, 0.29) is 11.4 Å². The fourth-order valence-electron chi connectivity index (χ4n) is 2.66. The highest BCUT2D eigenvalue weighted by molar-refractivity contribution is 7.89. The lowest BCUT2D eigenvalue weighted by Gasteiger charge is -2.07. The molecule has 3 aromatic rings. The van der Waals surface area contributed by atoms with Gasteiger partial charge in [0.05, 0.1) is 22.4 Å². The molecule has 0 unspecified atom stereocenters. The Morgan fingerprint density at radius 2 is 2.00 bits per heavy atom. The number of aromatic amines is 1. The molecule has 122 valence electrons. The summed E-state index contributed by atoms with van der Waals surface area (Å²) in [6.45, 7) is 5.50. The molecule has 0 bridgehead atoms. The molecule has 0 aliphatic rings. The fourth-order valence-corrected chi connectivity index (χ4v) is 4.05. The van der Waals surface area contributed by atoms with Gasteiger partial charge >= 0.3 is 0 Å². The summed E-state index contributed by atoms with van der Waals surface area (Å²) in [5.74, 6) is 0.919. The van der Waals surface area contributed by atoms with Crippen LogP contribution in [0.1, 0.15) is 22.8 Å². The van der Waals surface area contributed by atoms with Gasteiger partial charge in [-0.25, -0.2) is 18.1 Å². The molecule has 0 aliphatic carbocycles. The topological polar surface area (TPSA) is 92.7 Å². The number of benzene rings is 1. The summed E-state index contributed by atoms with van der Waals surface area (Å²) < 4.78 is 29.5. The molecule has 0 saturated carbocycles. The van der Waals surface area contributed by atoms with Crippen LogP contribution in [0.4, 0.5) is 0 Å². The number of imidazole rings is 1. The molecule has 23 heavy (non-hydrogen) atoms. The van der Waals surface area contributed by atoms with Crippen molar-refractivity contribution < 1.29 is 8.42 Å². The van der Waals surface area contributed by atoms with Crippen LogP contribution in [0.15, 0.2) is 23.1 Å². The van der Waals surface area contributed by atoms with Crippen LogP contribution in [0.2, 0.25) is 0 Å². The predicted molar refractivity (Wildman–Crippen MR) is 87.5 cm³/mol. The van der Waals surface area contributed by atoms with Crippen molar-refractivity contribution in [2.45, 2.75) is 32.2 Å². The summed E-state index contributed by atoms with van der Waals surface area (Å²) in [4.78, 5) is 4.68. The number of hydrogen-bond donors (Lipinski definition) is 2. The third-order valence-electron chi connectivity index (χ3n) is 3.96. The summed E-state index contributed by atoms with van der Waals surface area (Å²) >= 11 is 0. The Kier molecular flexibility index (Phi) is 3.73. The average molecular weight is 333 g/mol. The van der Waals surface area contributed by atoms with Crippen LogP contribution in [-0.4, -0.2) is 28.2 Å². The Hall–Kier alpha value is -2.19. The number of nitrogens with one attached hydrogen (secondary N) is 2. The van der Waals surface area contributed by atoms with Crippen molar-refractivity contribution in [3.63, 3.8) is 0 Å². The van der Waals surface area contributed by atoms with E-state index in [0.29, 0.717) is 11.4 Å². The van der Waals surface area contributed by atoms with Crippen LogP contribution >= 0.6 is 0 Å². The zero-order valence-electron chi connectivity index (χ0n) is 13.5. The number of sulfonamides is 1. The van der Waals surface area contributed by atoms with Crippen molar-refractivity contribution in [2.24, 2.45) is 7.05 Å². The minimum absolute atomic E-state index is 0.206. The second-order valence-corrected chi connectivity index (χ2v) is 7.33. The second kappa shape index (κ2) is 5.47. The van der Waals surface area contributed by atoms with Crippen molar-refractivity contribution in [1.82, 2.24) is 24.5 Å². The fraction of sp³-hybridized carbons (Fsp3) is 0.333. The van der Waals surface area contributed by atoms with E-state index in [9.17, 15) is 8.42 Å². The van der Waals surface area contributed by atoms with Gasteiger partial charge in [-0.2, -0.15) is 5.10 Å². The number of aromatic nitrogens is 4. The molecule has 0 aliphatic heterocycles. The standard InChI is InChI=1S/C15H19N5O2S/c1-9-15(10(2)19-18-9)23(21,22)16-8-12-5-6-14-13(7-12)17-11(3)20(14)4/h5-7,16H,8H2,1-4H3,(H,18,19). The monoisotopic (exact) mass is 333 g/mol. The maximum absolute atomic E-state index is 12.4. The highest BCUT2D eigenvalue weighted by Gasteiger charge is 2.21. The van der Waals surface area contributed by atoms with Crippen LogP contribution in [0.3, 0.4) is 0 Å². The Morgan fingerprint density at radius 1 is 1.26 bits per heavy atom. The highest BCUT2D eigenvalue weighted by Crippen LogP contribution is 2.19. The molecule has 7 nitrogen and oxygen atoms in total. The van der Waals surface area contributed by atoms with E-state index in [1.165, 1.54) is 0 Å². The largest absolute Gasteiger partial charge is 0.331 e. The molecular formula is C15H19N5O2S. The molecular weight excluding hydrogens is 314 g/mol. The first kappa shape index (κ1) is 15.7. The van der Waals surface area contributed by atoms with E-state index in [4.69, 9.17) is 0 Å². The molecule has 0 fully saturated rings. The van der Waals surface area contributed by atoms with Gasteiger partial charge in [-0.1, -0.05) is 6.07 Å². The van der Waals surface area contributed by atoms with Gasteiger partial charge in [-0.3, -0.25) is 5.10 Å². The van der Waals surface area contributed by atoms with Crippen LogP contribution in [0, 0.1) is 20.8 Å². The lowest BCUT2D eigenvalue weighted by molar-refractivity contribution is 0.580. The lowest BCUT2D eigenvalue weighted by Crippen LogP contribution is -2.24. The lowest BCUT2D eigenvalue weighted by atomic mass is 10.2. The maximum atomic E-state index is 12.4. The zero-order valence-corrected chi connectivity index (χ0v) is 14.3. The van der Waals surface area contributed by atoms with Crippen molar-refractivity contribution in [1.29, 1.82) is 0 Å². The van der Waals surface area contributed by atoms with Crippen LogP contribution in [-0.2, 0) is 23.6 Å². The van der Waals surface area contributed by atoms with Crippen molar-refractivity contribution in [3.05, 3.63) is 41.0 Å². The normalized spacial score (nSPS) is 12.2. The summed E-state index contributed by atoms with van der Waals surface area (Å²) in [7, 11) is -1.65. The summed E-state index contributed by atoms with van der Waals surface area (Å²) in [5.41, 5.74) is 3.74. The first-order chi connectivity index (χ1) is 10.8. The van der Waals surface area contributed by atoms with Crippen LogP contribution in [0.5, 0.6) is 0 Å². The number of hydrogen-bond acceptors (Lipinski definition) is 4. The van der Waals surface area contributed by atoms with Gasteiger partial charge in [0, 0.05) is 13.6 Å². The van der Waals surface area contributed by atoms with Crippen molar-refractivity contribution in [3.8, 4) is 0 Å². The molecule has 2 heterocycles. The molecule has 3 rings (SSSR count). The smallest absolute Gasteiger partial charge is 0.244 e. The number of fused-ring (bicyclic) bond motifs is 1. The number of H-pyrrole nitrogens is 1. The summed E-state index contributed by atoms with van der Waals surface area (Å²) in [5, 5.41) is 6.63. The number of nitrogens with zero attached hydrogens (tertiary/aromatic N) is 3. The molecule has 2 N–H and O–H groups in total. The Balaban J connectivity index is 1.86. The van der Waals surface area contributed by atoms with Crippen molar-refractivity contribution in [2.75, 3.05) is 0 Å². The Labute approximate surface area is 134 Å². The first-order valence-corrected chi connectivity index (χ1v) is 8.71. The van der Waals surface area contributed by atoms with E-state index < -0.39 is 10.0 Å². The SMILES string of the molecule is Cc1n[nH]c(C)c1S(=O)(=O)NCc1ccc2c(c1)nc(C)n2C. The number of rotatable bonds is 4. The predicted octanol–water partition coefficient (Wildman–Crippen LogP) is 1.70. The van der Waals surface area contributed by atoms with E-state index in [2.05, 4.69) is 19.9 Å². The minimum Gasteiger partial charge on any atom is -0.331 e. The third-order valence-corrected chi connectivity index (χ3v) is 5.63. The second-order valence-electron chi connectivity index (χ2n) is 5.63. The highest BCUT2D eigenvalue weighted by atomic mass is 32.2. The van der Waals surface area contributed by atoms with E-state index in [1.54, 1.807) is 13.8 Å². The van der Waals surface area contributed by atoms with Crippen LogP contribution in [0.25, 0.3) is 11.0 Å². The minimum atomic E-state index is -3.60. The summed E-state index contributed by atoms with van der Waals surface area (Å²) in [6.07, 6.45) is 0.